The zero-order chi connectivity index (χ0) is 14.3. The molecule has 4 N–H and O–H groups in total. The van der Waals surface area contributed by atoms with Crippen LogP contribution in [-0.2, 0) is 11.3 Å². The molecule has 0 radical (unpaired) electrons. The van der Waals surface area contributed by atoms with E-state index in [1.54, 1.807) is 19.1 Å². The van der Waals surface area contributed by atoms with Gasteiger partial charge in [-0.1, -0.05) is 12.1 Å². The van der Waals surface area contributed by atoms with E-state index in [-0.39, 0.29) is 30.3 Å². The minimum atomic E-state index is -0.139. The lowest BCUT2D eigenvalue weighted by molar-refractivity contribution is -0.121. The Bertz CT molecular complexity index is 433. The maximum absolute atomic E-state index is 11.5. The second-order valence-electron chi connectivity index (χ2n) is 4.51. The molecular formula is C14H22ClN3O2. The smallest absolute Gasteiger partial charge is 0.251 e. The highest BCUT2D eigenvalue weighted by Gasteiger charge is 2.06. The van der Waals surface area contributed by atoms with Crippen LogP contribution in [0.15, 0.2) is 24.3 Å². The molecule has 1 rings (SSSR count). The Hall–Kier alpha value is -1.59. The molecule has 112 valence electrons. The largest absolute Gasteiger partial charge is 0.352 e. The van der Waals surface area contributed by atoms with Gasteiger partial charge in [-0.3, -0.25) is 9.59 Å². The predicted octanol–water partition coefficient (Wildman–Crippen LogP) is 1.21. The fraction of sp³-hybridized carbons (Fsp3) is 0.429. The molecule has 0 aliphatic heterocycles. The number of amides is 2. The van der Waals surface area contributed by atoms with E-state index in [1.165, 1.54) is 0 Å². The van der Waals surface area contributed by atoms with E-state index in [0.717, 1.165) is 5.56 Å². The van der Waals surface area contributed by atoms with E-state index in [0.29, 0.717) is 25.1 Å². The van der Waals surface area contributed by atoms with E-state index in [1.807, 2.05) is 19.1 Å². The first-order chi connectivity index (χ1) is 9.02. The Kier molecular flexibility index (Phi) is 8.59. The Morgan fingerprint density at radius 2 is 1.80 bits per heavy atom. The molecule has 0 aromatic heterocycles. The number of nitrogens with one attached hydrogen (secondary N) is 2. The van der Waals surface area contributed by atoms with E-state index in [9.17, 15) is 9.59 Å². The SMILES string of the molecule is CCNC(=O)c1ccc(CNC(=O)CC(C)N)cc1.Cl. The number of nitrogens with two attached hydrogens (primary N) is 1. The first-order valence-corrected chi connectivity index (χ1v) is 6.42. The Morgan fingerprint density at radius 3 is 2.30 bits per heavy atom. The number of carbonyl (C=O) groups is 2. The first kappa shape index (κ1) is 18.4. The Morgan fingerprint density at radius 1 is 1.20 bits per heavy atom. The number of hydrogen-bond donors (Lipinski definition) is 3. The van der Waals surface area contributed by atoms with E-state index < -0.39 is 0 Å². The van der Waals surface area contributed by atoms with Gasteiger partial charge in [0.25, 0.3) is 5.91 Å². The molecule has 0 aliphatic rings. The average Bonchev–Trinajstić information content (AvgIpc) is 2.36. The maximum Gasteiger partial charge on any atom is 0.251 e. The summed E-state index contributed by atoms with van der Waals surface area (Å²) in [5.41, 5.74) is 7.11. The van der Waals surface area contributed by atoms with Gasteiger partial charge in [0.05, 0.1) is 0 Å². The number of rotatable bonds is 6. The normalized spacial score (nSPS) is 11.2. The number of carbonyl (C=O) groups excluding carboxylic acids is 2. The molecule has 1 aromatic carbocycles. The van der Waals surface area contributed by atoms with Gasteiger partial charge >= 0.3 is 0 Å². The maximum atomic E-state index is 11.5. The molecule has 1 aromatic rings. The third-order valence-corrected chi connectivity index (χ3v) is 2.55. The molecule has 2 amide bonds. The van der Waals surface area contributed by atoms with Gasteiger partial charge in [-0.15, -0.1) is 12.4 Å². The summed E-state index contributed by atoms with van der Waals surface area (Å²) in [7, 11) is 0. The summed E-state index contributed by atoms with van der Waals surface area (Å²) >= 11 is 0. The van der Waals surface area contributed by atoms with Crippen molar-refractivity contribution in [2.24, 2.45) is 5.73 Å². The highest BCUT2D eigenvalue weighted by atomic mass is 35.5. The first-order valence-electron chi connectivity index (χ1n) is 6.42. The molecule has 0 fully saturated rings. The third kappa shape index (κ3) is 6.54. The number of benzene rings is 1. The second kappa shape index (κ2) is 9.34. The second-order valence-corrected chi connectivity index (χ2v) is 4.51. The summed E-state index contributed by atoms with van der Waals surface area (Å²) in [6.45, 7) is 4.72. The van der Waals surface area contributed by atoms with Gasteiger partial charge in [0.1, 0.15) is 0 Å². The van der Waals surface area contributed by atoms with Gasteiger partial charge < -0.3 is 16.4 Å². The molecule has 0 bridgehead atoms. The lowest BCUT2D eigenvalue weighted by Gasteiger charge is -2.08. The van der Waals surface area contributed by atoms with Crippen LogP contribution in [-0.4, -0.2) is 24.4 Å². The fourth-order valence-corrected chi connectivity index (χ4v) is 1.60. The zero-order valence-electron chi connectivity index (χ0n) is 11.8. The Balaban J connectivity index is 0.00000361. The molecule has 6 heteroatoms. The lowest BCUT2D eigenvalue weighted by atomic mass is 10.1. The van der Waals surface area contributed by atoms with Crippen molar-refractivity contribution >= 4 is 24.2 Å². The molecule has 0 saturated carbocycles. The van der Waals surface area contributed by atoms with Crippen LogP contribution in [0.2, 0.25) is 0 Å². The van der Waals surface area contributed by atoms with Crippen LogP contribution in [0, 0.1) is 0 Å². The van der Waals surface area contributed by atoms with Crippen molar-refractivity contribution in [3.8, 4) is 0 Å². The van der Waals surface area contributed by atoms with Crippen molar-refractivity contribution in [3.05, 3.63) is 35.4 Å². The van der Waals surface area contributed by atoms with Crippen molar-refractivity contribution < 1.29 is 9.59 Å². The van der Waals surface area contributed by atoms with Gasteiger partial charge in [-0.2, -0.15) is 0 Å². The van der Waals surface area contributed by atoms with Crippen LogP contribution >= 0.6 is 12.4 Å². The van der Waals surface area contributed by atoms with E-state index in [2.05, 4.69) is 10.6 Å². The summed E-state index contributed by atoms with van der Waals surface area (Å²) < 4.78 is 0. The van der Waals surface area contributed by atoms with Crippen molar-refractivity contribution in [2.45, 2.75) is 32.9 Å². The van der Waals surface area contributed by atoms with Gasteiger partial charge in [0, 0.05) is 31.1 Å². The zero-order valence-corrected chi connectivity index (χ0v) is 12.6. The highest BCUT2D eigenvalue weighted by Crippen LogP contribution is 2.04. The monoisotopic (exact) mass is 299 g/mol. The van der Waals surface area contributed by atoms with Crippen LogP contribution in [0.4, 0.5) is 0 Å². The molecule has 20 heavy (non-hydrogen) atoms. The number of halogens is 1. The number of hydrogen-bond acceptors (Lipinski definition) is 3. The quantitative estimate of drug-likeness (QED) is 0.738. The summed E-state index contributed by atoms with van der Waals surface area (Å²) in [5, 5.41) is 5.52. The molecule has 0 aliphatic carbocycles. The van der Waals surface area contributed by atoms with Crippen molar-refractivity contribution in [3.63, 3.8) is 0 Å². The third-order valence-electron chi connectivity index (χ3n) is 2.55. The van der Waals surface area contributed by atoms with Crippen molar-refractivity contribution in [1.82, 2.24) is 10.6 Å². The van der Waals surface area contributed by atoms with Gasteiger partial charge in [0.15, 0.2) is 0 Å². The summed E-state index contributed by atoms with van der Waals surface area (Å²) in [4.78, 5) is 23.0. The molecule has 0 spiro atoms. The predicted molar refractivity (Wildman–Crippen MR) is 81.8 cm³/mol. The fourth-order valence-electron chi connectivity index (χ4n) is 1.60. The van der Waals surface area contributed by atoms with Crippen molar-refractivity contribution in [2.75, 3.05) is 6.54 Å². The van der Waals surface area contributed by atoms with E-state index >= 15 is 0 Å². The summed E-state index contributed by atoms with van der Waals surface area (Å²) in [6, 6.07) is 7.02. The Labute approximate surface area is 125 Å². The average molecular weight is 300 g/mol. The molecular weight excluding hydrogens is 278 g/mol. The van der Waals surface area contributed by atoms with Crippen LogP contribution in [0.25, 0.3) is 0 Å². The lowest BCUT2D eigenvalue weighted by Crippen LogP contribution is -2.29. The molecule has 5 nitrogen and oxygen atoms in total. The van der Waals surface area contributed by atoms with Crippen LogP contribution in [0.3, 0.4) is 0 Å². The molecule has 0 saturated heterocycles. The van der Waals surface area contributed by atoms with Crippen LogP contribution < -0.4 is 16.4 Å². The topological polar surface area (TPSA) is 84.2 Å². The van der Waals surface area contributed by atoms with Crippen molar-refractivity contribution in [1.29, 1.82) is 0 Å². The van der Waals surface area contributed by atoms with Crippen LogP contribution in [0.1, 0.15) is 36.2 Å². The van der Waals surface area contributed by atoms with E-state index in [4.69, 9.17) is 5.73 Å². The summed E-state index contributed by atoms with van der Waals surface area (Å²) in [5.74, 6) is -0.155. The van der Waals surface area contributed by atoms with Gasteiger partial charge in [0.2, 0.25) is 5.91 Å². The minimum absolute atomic E-state index is 0. The minimum Gasteiger partial charge on any atom is -0.352 e. The molecule has 1 atom stereocenters. The summed E-state index contributed by atoms with van der Waals surface area (Å²) in [6.07, 6.45) is 0.316. The highest BCUT2D eigenvalue weighted by molar-refractivity contribution is 5.94. The van der Waals surface area contributed by atoms with Crippen LogP contribution in [0.5, 0.6) is 0 Å². The molecule has 1 unspecified atom stereocenters. The van der Waals surface area contributed by atoms with Gasteiger partial charge in [-0.05, 0) is 31.5 Å². The van der Waals surface area contributed by atoms with Gasteiger partial charge in [-0.25, -0.2) is 0 Å². The molecule has 0 heterocycles. The standard InChI is InChI=1S/C14H21N3O2.ClH/c1-3-16-14(19)12-6-4-11(5-7-12)9-17-13(18)8-10(2)15;/h4-7,10H,3,8-9,15H2,1-2H3,(H,16,19)(H,17,18);1H.